The lowest BCUT2D eigenvalue weighted by Gasteiger charge is -2.11. The van der Waals surface area contributed by atoms with Crippen LogP contribution < -0.4 is 0 Å². The van der Waals surface area contributed by atoms with Gasteiger partial charge in [-0.05, 0) is 25.0 Å². The first-order valence-electron chi connectivity index (χ1n) is 6.03. The van der Waals surface area contributed by atoms with Gasteiger partial charge in [0.25, 0.3) is 0 Å². The van der Waals surface area contributed by atoms with Gasteiger partial charge in [0.05, 0.1) is 12.2 Å². The third-order valence-corrected chi connectivity index (χ3v) is 3.04. The number of rotatable bonds is 6. The van der Waals surface area contributed by atoms with E-state index in [0.29, 0.717) is 35.9 Å². The van der Waals surface area contributed by atoms with Crippen molar-refractivity contribution in [1.82, 2.24) is 0 Å². The fourth-order valence-electron chi connectivity index (χ4n) is 1.85. The van der Waals surface area contributed by atoms with E-state index in [0.717, 1.165) is 5.56 Å². The van der Waals surface area contributed by atoms with Gasteiger partial charge in [-0.25, -0.2) is 4.79 Å². The molecule has 0 saturated heterocycles. The summed E-state index contributed by atoms with van der Waals surface area (Å²) < 4.78 is 5.01. The van der Waals surface area contributed by atoms with E-state index in [9.17, 15) is 9.59 Å². The second-order valence-corrected chi connectivity index (χ2v) is 4.56. The molecule has 0 saturated carbocycles. The summed E-state index contributed by atoms with van der Waals surface area (Å²) in [5, 5.41) is 0.624. The second-order valence-electron chi connectivity index (χ2n) is 3.77. The summed E-state index contributed by atoms with van der Waals surface area (Å²) in [7, 11) is 0. The third kappa shape index (κ3) is 3.42. The number of alkyl halides is 1. The Bertz CT molecular complexity index is 404. The molecule has 0 heterocycles. The van der Waals surface area contributed by atoms with Gasteiger partial charge in [0.15, 0.2) is 5.78 Å². The zero-order valence-electron chi connectivity index (χ0n) is 10.7. The highest BCUT2D eigenvalue weighted by Crippen LogP contribution is 2.19. The van der Waals surface area contributed by atoms with Gasteiger partial charge in [-0.3, -0.25) is 4.79 Å². The summed E-state index contributed by atoms with van der Waals surface area (Å²) in [6.45, 7) is 4.04. The van der Waals surface area contributed by atoms with Crippen molar-refractivity contribution in [1.29, 1.82) is 0 Å². The summed E-state index contributed by atoms with van der Waals surface area (Å²) in [4.78, 5) is 23.8. The Kier molecular flexibility index (Phi) is 6.05. The smallest absolute Gasteiger partial charge is 0.338 e. The number of hydrogen-bond donors (Lipinski definition) is 0. The molecular formula is C14H17BrO3. The van der Waals surface area contributed by atoms with E-state index in [4.69, 9.17) is 4.74 Å². The number of benzene rings is 1. The van der Waals surface area contributed by atoms with Crippen molar-refractivity contribution in [3.05, 3.63) is 34.9 Å². The van der Waals surface area contributed by atoms with Crippen LogP contribution in [0.2, 0.25) is 0 Å². The Morgan fingerprint density at radius 1 is 1.22 bits per heavy atom. The first-order valence-corrected chi connectivity index (χ1v) is 7.16. The van der Waals surface area contributed by atoms with Crippen LogP contribution in [0.25, 0.3) is 0 Å². The van der Waals surface area contributed by atoms with Crippen LogP contribution in [0.15, 0.2) is 18.2 Å². The van der Waals surface area contributed by atoms with Crippen molar-refractivity contribution in [2.24, 2.45) is 0 Å². The van der Waals surface area contributed by atoms with Crippen LogP contribution in [-0.4, -0.2) is 23.7 Å². The van der Waals surface area contributed by atoms with Gasteiger partial charge in [0.2, 0.25) is 0 Å². The lowest BCUT2D eigenvalue weighted by molar-refractivity contribution is 0.0525. The average Bonchev–Trinajstić information content (AvgIpc) is 2.38. The summed E-state index contributed by atoms with van der Waals surface area (Å²) >= 11 is 3.25. The molecule has 0 radical (unpaired) electrons. The zero-order chi connectivity index (χ0) is 13.5. The molecule has 4 heteroatoms. The Balaban J connectivity index is 3.17. The number of carbonyl (C=O) groups is 2. The molecule has 98 valence electrons. The van der Waals surface area contributed by atoms with E-state index in [1.54, 1.807) is 25.1 Å². The van der Waals surface area contributed by atoms with Gasteiger partial charge < -0.3 is 4.74 Å². The Hall–Kier alpha value is -1.16. The maximum Gasteiger partial charge on any atom is 0.338 e. The quantitative estimate of drug-likeness (QED) is 0.459. The molecule has 0 amide bonds. The van der Waals surface area contributed by atoms with E-state index in [1.165, 1.54) is 0 Å². The van der Waals surface area contributed by atoms with Crippen molar-refractivity contribution in [3.63, 3.8) is 0 Å². The molecule has 0 bridgehead atoms. The van der Waals surface area contributed by atoms with Crippen molar-refractivity contribution in [3.8, 4) is 0 Å². The standard InChI is InChI=1S/C14H17BrO3/c1-3-10-11(13(16)8-9-15)6-5-7-12(10)14(17)18-4-2/h5-7H,3-4,8-9H2,1-2H3. The summed E-state index contributed by atoms with van der Waals surface area (Å²) in [6.07, 6.45) is 1.07. The molecule has 0 N–H and O–H groups in total. The fraction of sp³-hybridized carbons (Fsp3) is 0.429. The molecule has 1 aromatic rings. The zero-order valence-corrected chi connectivity index (χ0v) is 12.2. The van der Waals surface area contributed by atoms with E-state index < -0.39 is 0 Å². The summed E-state index contributed by atoms with van der Waals surface area (Å²) in [6, 6.07) is 5.21. The first kappa shape index (κ1) is 14.9. The molecule has 0 atom stereocenters. The second kappa shape index (κ2) is 7.31. The molecule has 1 rings (SSSR count). The van der Waals surface area contributed by atoms with Gasteiger partial charge in [-0.1, -0.05) is 35.0 Å². The van der Waals surface area contributed by atoms with Crippen molar-refractivity contribution < 1.29 is 14.3 Å². The van der Waals surface area contributed by atoms with Crippen molar-refractivity contribution in [2.45, 2.75) is 26.7 Å². The maximum absolute atomic E-state index is 12.0. The van der Waals surface area contributed by atoms with Crippen LogP contribution in [0, 0.1) is 0 Å². The highest BCUT2D eigenvalue weighted by Gasteiger charge is 2.17. The molecular weight excluding hydrogens is 296 g/mol. The first-order chi connectivity index (χ1) is 8.65. The Labute approximate surface area is 116 Å². The summed E-state index contributed by atoms with van der Waals surface area (Å²) in [5.74, 6) is -0.308. The minimum absolute atomic E-state index is 0.0508. The molecule has 0 aliphatic carbocycles. The average molecular weight is 313 g/mol. The third-order valence-electron chi connectivity index (χ3n) is 2.65. The lowest BCUT2D eigenvalue weighted by atomic mass is 9.95. The topological polar surface area (TPSA) is 43.4 Å². The highest BCUT2D eigenvalue weighted by atomic mass is 79.9. The van der Waals surface area contributed by atoms with Crippen LogP contribution in [0.3, 0.4) is 0 Å². The summed E-state index contributed by atoms with van der Waals surface area (Å²) in [5.41, 5.74) is 1.91. The maximum atomic E-state index is 12.0. The van der Waals surface area contributed by atoms with Crippen LogP contribution >= 0.6 is 15.9 Å². The van der Waals surface area contributed by atoms with Crippen LogP contribution in [0.5, 0.6) is 0 Å². The molecule has 1 aromatic carbocycles. The van der Waals surface area contributed by atoms with Gasteiger partial charge in [0, 0.05) is 17.3 Å². The van der Waals surface area contributed by atoms with E-state index in [-0.39, 0.29) is 11.8 Å². The van der Waals surface area contributed by atoms with Gasteiger partial charge in [-0.15, -0.1) is 0 Å². The van der Waals surface area contributed by atoms with E-state index in [1.807, 2.05) is 6.92 Å². The SMILES string of the molecule is CCOC(=O)c1cccc(C(=O)CCBr)c1CC. The number of ether oxygens (including phenoxy) is 1. The van der Waals surface area contributed by atoms with E-state index in [2.05, 4.69) is 15.9 Å². The number of ketones is 1. The highest BCUT2D eigenvalue weighted by molar-refractivity contribution is 9.09. The number of halogens is 1. The molecule has 18 heavy (non-hydrogen) atoms. The monoisotopic (exact) mass is 312 g/mol. The van der Waals surface area contributed by atoms with Crippen LogP contribution in [0.4, 0.5) is 0 Å². The minimum atomic E-state index is -0.358. The predicted molar refractivity (Wildman–Crippen MR) is 74.5 cm³/mol. The molecule has 0 fully saturated rings. The van der Waals surface area contributed by atoms with Crippen molar-refractivity contribution >= 4 is 27.7 Å². The molecule has 0 aliphatic heterocycles. The molecule has 0 unspecified atom stereocenters. The van der Waals surface area contributed by atoms with Crippen LogP contribution in [-0.2, 0) is 11.2 Å². The normalized spacial score (nSPS) is 10.2. The number of esters is 1. The van der Waals surface area contributed by atoms with Gasteiger partial charge >= 0.3 is 5.97 Å². The Morgan fingerprint density at radius 2 is 1.89 bits per heavy atom. The van der Waals surface area contributed by atoms with Gasteiger partial charge in [0.1, 0.15) is 0 Å². The van der Waals surface area contributed by atoms with Crippen molar-refractivity contribution in [2.75, 3.05) is 11.9 Å². The Morgan fingerprint density at radius 3 is 2.44 bits per heavy atom. The van der Waals surface area contributed by atoms with Crippen LogP contribution in [0.1, 0.15) is 46.5 Å². The molecule has 0 spiro atoms. The largest absolute Gasteiger partial charge is 0.462 e. The predicted octanol–water partition coefficient (Wildman–Crippen LogP) is 3.39. The lowest BCUT2D eigenvalue weighted by Crippen LogP contribution is -2.12. The van der Waals surface area contributed by atoms with Gasteiger partial charge in [-0.2, -0.15) is 0 Å². The number of hydrogen-bond acceptors (Lipinski definition) is 3. The molecule has 0 aromatic heterocycles. The number of Topliss-reactive ketones (excluding diaryl/α,β-unsaturated/α-hetero) is 1. The molecule has 3 nitrogen and oxygen atoms in total. The van der Waals surface area contributed by atoms with E-state index >= 15 is 0 Å². The molecule has 0 aliphatic rings. The minimum Gasteiger partial charge on any atom is -0.462 e. The fourth-order valence-corrected chi connectivity index (χ4v) is 2.21. The number of carbonyl (C=O) groups excluding carboxylic acids is 2.